The van der Waals surface area contributed by atoms with Gasteiger partial charge in [-0.05, 0) is 36.5 Å². The van der Waals surface area contributed by atoms with Crippen molar-refractivity contribution in [2.45, 2.75) is 19.8 Å². The second kappa shape index (κ2) is 5.77. The van der Waals surface area contributed by atoms with Gasteiger partial charge in [-0.2, -0.15) is 0 Å². The first-order chi connectivity index (χ1) is 9.83. The lowest BCUT2D eigenvalue weighted by molar-refractivity contribution is 1.15. The van der Waals surface area contributed by atoms with Crippen LogP contribution >= 0.6 is 0 Å². The third-order valence-corrected chi connectivity index (χ3v) is 3.62. The fourth-order valence-corrected chi connectivity index (χ4v) is 2.57. The summed E-state index contributed by atoms with van der Waals surface area (Å²) in [5.74, 6) is 0. The van der Waals surface area contributed by atoms with Crippen molar-refractivity contribution in [3.8, 4) is 0 Å². The van der Waals surface area contributed by atoms with Crippen LogP contribution in [-0.2, 0) is 0 Å². The van der Waals surface area contributed by atoms with E-state index in [0.717, 1.165) is 12.8 Å². The minimum Gasteiger partial charge on any atom is -0.112 e. The van der Waals surface area contributed by atoms with Crippen LogP contribution < -0.4 is 0 Å². The molecule has 0 heteroatoms. The van der Waals surface area contributed by atoms with E-state index in [4.69, 9.17) is 0 Å². The lowest BCUT2D eigenvalue weighted by Crippen LogP contribution is -1.86. The van der Waals surface area contributed by atoms with Gasteiger partial charge in [0.05, 0.1) is 0 Å². The van der Waals surface area contributed by atoms with Gasteiger partial charge in [-0.1, -0.05) is 72.3 Å². The highest BCUT2D eigenvalue weighted by Crippen LogP contribution is 2.27. The van der Waals surface area contributed by atoms with E-state index in [-0.39, 0.29) is 0 Å². The van der Waals surface area contributed by atoms with Gasteiger partial charge < -0.3 is 0 Å². The monoisotopic (exact) mass is 258 g/mol. The van der Waals surface area contributed by atoms with Crippen molar-refractivity contribution >= 4 is 5.57 Å². The van der Waals surface area contributed by atoms with Crippen LogP contribution in [0.3, 0.4) is 0 Å². The quantitative estimate of drug-likeness (QED) is 0.501. The molecule has 0 aliphatic heterocycles. The smallest absolute Gasteiger partial charge is 0.0309 e. The summed E-state index contributed by atoms with van der Waals surface area (Å²) < 4.78 is 0. The summed E-state index contributed by atoms with van der Waals surface area (Å²) in [7, 11) is 0. The molecule has 0 N–H and O–H groups in total. The Balaban J connectivity index is 2.13. The molecule has 0 atom stereocenters. The SMILES string of the molecule is CC1=CCC(=C=C(c2ccccc2)c2ccccc2)C1. The van der Waals surface area contributed by atoms with Crippen molar-refractivity contribution in [3.63, 3.8) is 0 Å². The third-order valence-electron chi connectivity index (χ3n) is 3.62. The highest BCUT2D eigenvalue weighted by atomic mass is 14.1. The molecule has 0 unspecified atom stereocenters. The minimum atomic E-state index is 1.04. The van der Waals surface area contributed by atoms with Gasteiger partial charge in [-0.15, -0.1) is 5.73 Å². The molecule has 0 bridgehead atoms. The molecule has 0 heterocycles. The minimum absolute atomic E-state index is 1.04. The van der Waals surface area contributed by atoms with Crippen LogP contribution in [-0.4, -0.2) is 0 Å². The fourth-order valence-electron chi connectivity index (χ4n) is 2.57. The van der Waals surface area contributed by atoms with E-state index in [1.54, 1.807) is 0 Å². The molecule has 0 saturated heterocycles. The molecule has 1 aliphatic rings. The maximum Gasteiger partial charge on any atom is 0.0309 e. The van der Waals surface area contributed by atoms with E-state index in [0.29, 0.717) is 0 Å². The lowest BCUT2D eigenvalue weighted by Gasteiger charge is -2.06. The first-order valence-corrected chi connectivity index (χ1v) is 7.08. The summed E-state index contributed by atoms with van der Waals surface area (Å²) in [6.07, 6.45) is 4.40. The van der Waals surface area contributed by atoms with Gasteiger partial charge in [0.15, 0.2) is 0 Å². The van der Waals surface area contributed by atoms with Crippen LogP contribution in [0.1, 0.15) is 30.9 Å². The zero-order valence-electron chi connectivity index (χ0n) is 11.8. The Morgan fingerprint density at radius 1 is 0.850 bits per heavy atom. The van der Waals surface area contributed by atoms with E-state index in [1.165, 1.54) is 27.8 Å². The predicted molar refractivity (Wildman–Crippen MR) is 85.4 cm³/mol. The largest absolute Gasteiger partial charge is 0.112 e. The molecule has 2 aromatic carbocycles. The normalized spacial score (nSPS) is 13.8. The van der Waals surface area contributed by atoms with Crippen LogP contribution in [0.25, 0.3) is 5.57 Å². The zero-order chi connectivity index (χ0) is 13.8. The maximum absolute atomic E-state index is 3.66. The number of benzene rings is 2. The van der Waals surface area contributed by atoms with Crippen LogP contribution in [0.15, 0.2) is 83.6 Å². The van der Waals surface area contributed by atoms with E-state index < -0.39 is 0 Å². The van der Waals surface area contributed by atoms with E-state index >= 15 is 0 Å². The van der Waals surface area contributed by atoms with Gasteiger partial charge in [0.1, 0.15) is 0 Å². The van der Waals surface area contributed by atoms with Crippen molar-refractivity contribution in [2.75, 3.05) is 0 Å². The molecule has 0 spiro atoms. The molecule has 98 valence electrons. The van der Waals surface area contributed by atoms with Crippen LogP contribution in [0, 0.1) is 0 Å². The summed E-state index contributed by atoms with van der Waals surface area (Å²) >= 11 is 0. The van der Waals surface area contributed by atoms with Gasteiger partial charge in [0.25, 0.3) is 0 Å². The Labute approximate surface area is 120 Å². The summed E-state index contributed by atoms with van der Waals surface area (Å²) in [5, 5.41) is 0. The summed E-state index contributed by atoms with van der Waals surface area (Å²) in [5.41, 5.74) is 10.2. The summed E-state index contributed by atoms with van der Waals surface area (Å²) in [4.78, 5) is 0. The number of hydrogen-bond acceptors (Lipinski definition) is 0. The van der Waals surface area contributed by atoms with E-state index in [2.05, 4.69) is 79.4 Å². The molecule has 0 saturated carbocycles. The lowest BCUT2D eigenvalue weighted by atomic mass is 9.97. The molecule has 20 heavy (non-hydrogen) atoms. The Hall–Kier alpha value is -2.30. The molecule has 0 aromatic heterocycles. The van der Waals surface area contributed by atoms with Gasteiger partial charge in [-0.25, -0.2) is 0 Å². The topological polar surface area (TPSA) is 0 Å². The summed E-state index contributed by atoms with van der Waals surface area (Å²) in [6.45, 7) is 2.19. The predicted octanol–water partition coefficient (Wildman–Crippen LogP) is 5.38. The molecule has 0 radical (unpaired) electrons. The molecule has 1 aliphatic carbocycles. The molecule has 0 nitrogen and oxygen atoms in total. The molecule has 0 amide bonds. The highest BCUT2D eigenvalue weighted by Gasteiger charge is 2.08. The Morgan fingerprint density at radius 2 is 1.40 bits per heavy atom. The maximum atomic E-state index is 3.66. The van der Waals surface area contributed by atoms with E-state index in [9.17, 15) is 0 Å². The van der Waals surface area contributed by atoms with Crippen LogP contribution in [0.5, 0.6) is 0 Å². The molecule has 2 aromatic rings. The van der Waals surface area contributed by atoms with Crippen molar-refractivity contribution in [3.05, 3.63) is 94.7 Å². The number of allylic oxidation sites excluding steroid dienone is 3. The Morgan fingerprint density at radius 3 is 1.85 bits per heavy atom. The highest BCUT2D eigenvalue weighted by molar-refractivity contribution is 5.79. The molecular weight excluding hydrogens is 240 g/mol. The second-order valence-corrected chi connectivity index (χ2v) is 5.27. The van der Waals surface area contributed by atoms with Crippen molar-refractivity contribution in [1.29, 1.82) is 0 Å². The second-order valence-electron chi connectivity index (χ2n) is 5.27. The van der Waals surface area contributed by atoms with Gasteiger partial charge in [-0.3, -0.25) is 0 Å². The Kier molecular flexibility index (Phi) is 3.67. The first kappa shape index (κ1) is 12.7. The van der Waals surface area contributed by atoms with Crippen molar-refractivity contribution in [1.82, 2.24) is 0 Å². The first-order valence-electron chi connectivity index (χ1n) is 7.08. The number of hydrogen-bond donors (Lipinski definition) is 0. The van der Waals surface area contributed by atoms with Gasteiger partial charge in [0.2, 0.25) is 0 Å². The summed E-state index contributed by atoms with van der Waals surface area (Å²) in [6, 6.07) is 21.1. The molecule has 3 rings (SSSR count). The number of rotatable bonds is 2. The van der Waals surface area contributed by atoms with E-state index in [1.807, 2.05) is 0 Å². The van der Waals surface area contributed by atoms with Crippen LogP contribution in [0.4, 0.5) is 0 Å². The van der Waals surface area contributed by atoms with Gasteiger partial charge >= 0.3 is 0 Å². The van der Waals surface area contributed by atoms with Gasteiger partial charge in [0, 0.05) is 5.57 Å². The zero-order valence-corrected chi connectivity index (χ0v) is 11.8. The van der Waals surface area contributed by atoms with Crippen molar-refractivity contribution in [2.24, 2.45) is 0 Å². The average Bonchev–Trinajstić information content (AvgIpc) is 2.92. The molecular formula is C20H18. The fraction of sp³-hybridized carbons (Fsp3) is 0.150. The van der Waals surface area contributed by atoms with Crippen LogP contribution in [0.2, 0.25) is 0 Å². The standard InChI is InChI=1S/C20H18/c1-16-12-13-17(14-16)15-20(18-8-4-2-5-9-18)19-10-6-3-7-11-19/h2-12H,13-14H2,1H3. The Bertz CT molecular complexity index is 640. The average molecular weight is 258 g/mol. The van der Waals surface area contributed by atoms with Crippen molar-refractivity contribution < 1.29 is 0 Å². The molecule has 0 fully saturated rings. The third kappa shape index (κ3) is 2.82.